The predicted molar refractivity (Wildman–Crippen MR) is 58.6 cm³/mol. The topological polar surface area (TPSA) is 12.0 Å². The summed E-state index contributed by atoms with van der Waals surface area (Å²) < 4.78 is 26.6. The SMILES string of the molecule is CC1(c2cc(F)c(Br)c(F)c2)CCCN1. The number of nitrogens with one attached hydrogen (secondary N) is 1. The van der Waals surface area contributed by atoms with Crippen LogP contribution in [0, 0.1) is 11.6 Å². The van der Waals surface area contributed by atoms with Gasteiger partial charge in [-0.05, 0) is 59.9 Å². The first-order valence-electron chi connectivity index (χ1n) is 4.93. The lowest BCUT2D eigenvalue weighted by atomic mass is 9.90. The monoisotopic (exact) mass is 275 g/mol. The van der Waals surface area contributed by atoms with E-state index in [9.17, 15) is 8.78 Å². The molecule has 1 aliphatic rings. The second-order valence-electron chi connectivity index (χ2n) is 4.12. The van der Waals surface area contributed by atoms with E-state index in [0.717, 1.165) is 19.4 Å². The van der Waals surface area contributed by atoms with Gasteiger partial charge >= 0.3 is 0 Å². The number of benzene rings is 1. The highest BCUT2D eigenvalue weighted by Crippen LogP contribution is 2.33. The molecule has 1 fully saturated rings. The summed E-state index contributed by atoms with van der Waals surface area (Å²) in [6.45, 7) is 2.87. The van der Waals surface area contributed by atoms with Crippen molar-refractivity contribution in [3.63, 3.8) is 0 Å². The average molecular weight is 276 g/mol. The van der Waals surface area contributed by atoms with Crippen molar-refractivity contribution >= 4 is 15.9 Å². The molecule has 1 aromatic carbocycles. The van der Waals surface area contributed by atoms with Crippen molar-refractivity contribution in [2.45, 2.75) is 25.3 Å². The highest BCUT2D eigenvalue weighted by atomic mass is 79.9. The van der Waals surface area contributed by atoms with Crippen LogP contribution in [0.4, 0.5) is 8.78 Å². The first kappa shape index (κ1) is 11.0. The van der Waals surface area contributed by atoms with Gasteiger partial charge < -0.3 is 5.32 Å². The fourth-order valence-electron chi connectivity index (χ4n) is 2.02. The van der Waals surface area contributed by atoms with E-state index < -0.39 is 11.6 Å². The minimum atomic E-state index is -0.542. The zero-order valence-electron chi connectivity index (χ0n) is 8.41. The molecule has 15 heavy (non-hydrogen) atoms. The lowest BCUT2D eigenvalue weighted by Crippen LogP contribution is -2.33. The number of hydrogen-bond donors (Lipinski definition) is 1. The highest BCUT2D eigenvalue weighted by Gasteiger charge is 2.31. The molecule has 0 spiro atoms. The van der Waals surface area contributed by atoms with Crippen molar-refractivity contribution in [1.82, 2.24) is 5.32 Å². The molecule has 0 aliphatic carbocycles. The Bertz CT molecular complexity index is 363. The summed E-state index contributed by atoms with van der Waals surface area (Å²) in [4.78, 5) is 0. The molecule has 1 heterocycles. The Labute approximate surface area is 96.0 Å². The van der Waals surface area contributed by atoms with Gasteiger partial charge in [0.2, 0.25) is 0 Å². The zero-order valence-corrected chi connectivity index (χ0v) is 10.00. The molecule has 0 amide bonds. The van der Waals surface area contributed by atoms with E-state index in [0.29, 0.717) is 5.56 Å². The van der Waals surface area contributed by atoms with Crippen LogP contribution in [0.2, 0.25) is 0 Å². The summed E-state index contributed by atoms with van der Waals surface area (Å²) in [6, 6.07) is 2.79. The summed E-state index contributed by atoms with van der Waals surface area (Å²) in [7, 11) is 0. The van der Waals surface area contributed by atoms with Crippen LogP contribution in [0.25, 0.3) is 0 Å². The molecule has 0 bridgehead atoms. The van der Waals surface area contributed by atoms with Crippen LogP contribution in [0.1, 0.15) is 25.3 Å². The van der Waals surface area contributed by atoms with Gasteiger partial charge in [0.05, 0.1) is 4.47 Å². The van der Waals surface area contributed by atoms with Gasteiger partial charge in [0.1, 0.15) is 11.6 Å². The van der Waals surface area contributed by atoms with E-state index in [-0.39, 0.29) is 10.0 Å². The van der Waals surface area contributed by atoms with Crippen LogP contribution in [0.15, 0.2) is 16.6 Å². The van der Waals surface area contributed by atoms with Crippen LogP contribution >= 0.6 is 15.9 Å². The molecule has 1 N–H and O–H groups in total. The van der Waals surface area contributed by atoms with Crippen molar-refractivity contribution in [1.29, 1.82) is 0 Å². The summed E-state index contributed by atoms with van der Waals surface area (Å²) in [5, 5.41) is 3.27. The summed E-state index contributed by atoms with van der Waals surface area (Å²) in [5.74, 6) is -1.08. The van der Waals surface area contributed by atoms with Gasteiger partial charge in [-0.15, -0.1) is 0 Å². The molecule has 1 saturated heterocycles. The minimum absolute atomic E-state index is 0.0900. The van der Waals surface area contributed by atoms with Gasteiger partial charge in [-0.3, -0.25) is 0 Å². The Morgan fingerprint density at radius 1 is 1.33 bits per heavy atom. The number of rotatable bonds is 1. The van der Waals surface area contributed by atoms with E-state index in [4.69, 9.17) is 0 Å². The van der Waals surface area contributed by atoms with Gasteiger partial charge in [-0.1, -0.05) is 0 Å². The maximum Gasteiger partial charge on any atom is 0.140 e. The van der Waals surface area contributed by atoms with Crippen molar-refractivity contribution in [3.8, 4) is 0 Å². The fraction of sp³-hybridized carbons (Fsp3) is 0.455. The second-order valence-corrected chi connectivity index (χ2v) is 4.91. The molecule has 1 aromatic rings. The molecule has 1 aliphatic heterocycles. The van der Waals surface area contributed by atoms with Crippen LogP contribution < -0.4 is 5.32 Å². The summed E-state index contributed by atoms with van der Waals surface area (Å²) in [6.07, 6.45) is 1.95. The Morgan fingerprint density at radius 2 is 1.93 bits per heavy atom. The fourth-order valence-corrected chi connectivity index (χ4v) is 2.24. The first-order chi connectivity index (χ1) is 7.03. The number of hydrogen-bond acceptors (Lipinski definition) is 1. The molecule has 1 atom stereocenters. The van der Waals surface area contributed by atoms with Gasteiger partial charge in [0.25, 0.3) is 0 Å². The van der Waals surface area contributed by atoms with Crippen molar-refractivity contribution < 1.29 is 8.78 Å². The van der Waals surface area contributed by atoms with Crippen molar-refractivity contribution in [2.24, 2.45) is 0 Å². The molecule has 1 unspecified atom stereocenters. The Balaban J connectivity index is 2.45. The number of halogens is 3. The van der Waals surface area contributed by atoms with E-state index in [1.807, 2.05) is 6.92 Å². The van der Waals surface area contributed by atoms with E-state index >= 15 is 0 Å². The average Bonchev–Trinajstić information content (AvgIpc) is 2.62. The normalized spacial score (nSPS) is 25.9. The van der Waals surface area contributed by atoms with Crippen LogP contribution in [-0.4, -0.2) is 6.54 Å². The van der Waals surface area contributed by atoms with Crippen molar-refractivity contribution in [2.75, 3.05) is 6.54 Å². The zero-order chi connectivity index (χ0) is 11.1. The third-order valence-corrected chi connectivity index (χ3v) is 3.75. The van der Waals surface area contributed by atoms with Gasteiger partial charge in [-0.25, -0.2) is 8.78 Å². The quantitative estimate of drug-likeness (QED) is 0.776. The smallest absolute Gasteiger partial charge is 0.140 e. The lowest BCUT2D eigenvalue weighted by Gasteiger charge is -2.25. The molecule has 4 heteroatoms. The maximum atomic E-state index is 13.3. The molecule has 0 radical (unpaired) electrons. The first-order valence-corrected chi connectivity index (χ1v) is 5.72. The van der Waals surface area contributed by atoms with Crippen molar-refractivity contribution in [3.05, 3.63) is 33.8 Å². The second kappa shape index (κ2) is 3.83. The van der Waals surface area contributed by atoms with Gasteiger partial charge in [0.15, 0.2) is 0 Å². The Kier molecular flexibility index (Phi) is 2.81. The Hall–Kier alpha value is -0.480. The third kappa shape index (κ3) is 1.93. The highest BCUT2D eigenvalue weighted by molar-refractivity contribution is 9.10. The molecule has 0 saturated carbocycles. The molecule has 1 nitrogen and oxygen atoms in total. The minimum Gasteiger partial charge on any atom is -0.308 e. The standard InChI is InChI=1S/C11H12BrF2N/c1-11(3-2-4-15-11)7-5-8(13)10(12)9(14)6-7/h5-6,15H,2-4H2,1H3. The largest absolute Gasteiger partial charge is 0.308 e. The molecule has 2 rings (SSSR count). The molecule has 0 aromatic heterocycles. The molecular weight excluding hydrogens is 264 g/mol. The van der Waals surface area contributed by atoms with E-state index in [1.54, 1.807) is 0 Å². The predicted octanol–water partition coefficient (Wildman–Crippen LogP) is 3.33. The van der Waals surface area contributed by atoms with Crippen LogP contribution in [0.5, 0.6) is 0 Å². The summed E-state index contributed by atoms with van der Waals surface area (Å²) in [5.41, 5.74) is 0.390. The molecule has 82 valence electrons. The Morgan fingerprint density at radius 3 is 2.40 bits per heavy atom. The van der Waals surface area contributed by atoms with Crippen LogP contribution in [-0.2, 0) is 5.54 Å². The lowest BCUT2D eigenvalue weighted by molar-refractivity contribution is 0.426. The van der Waals surface area contributed by atoms with Crippen LogP contribution in [0.3, 0.4) is 0 Å². The van der Waals surface area contributed by atoms with Gasteiger partial charge in [0, 0.05) is 5.54 Å². The van der Waals surface area contributed by atoms with E-state index in [2.05, 4.69) is 21.2 Å². The van der Waals surface area contributed by atoms with E-state index in [1.165, 1.54) is 12.1 Å². The maximum absolute atomic E-state index is 13.3. The van der Waals surface area contributed by atoms with Gasteiger partial charge in [-0.2, -0.15) is 0 Å². The third-order valence-electron chi connectivity index (χ3n) is 2.99. The summed E-state index contributed by atoms with van der Waals surface area (Å²) >= 11 is 2.87. The molecular formula is C11H12BrF2N.